The fourth-order valence-electron chi connectivity index (χ4n) is 1.36. The molecule has 0 aliphatic rings. The van der Waals surface area contributed by atoms with Crippen molar-refractivity contribution in [3.05, 3.63) is 28.5 Å². The Labute approximate surface area is 114 Å². The molecule has 1 unspecified atom stereocenters. The number of amides is 2. The highest BCUT2D eigenvalue weighted by Gasteiger charge is 2.05. The number of carbonyl (C=O) groups excluding carboxylic acids is 1. The summed E-state index contributed by atoms with van der Waals surface area (Å²) in [6.07, 6.45) is 0.741. The van der Waals surface area contributed by atoms with Gasteiger partial charge in [0.1, 0.15) is 5.82 Å². The van der Waals surface area contributed by atoms with E-state index in [-0.39, 0.29) is 0 Å². The lowest BCUT2D eigenvalue weighted by Crippen LogP contribution is -2.31. The van der Waals surface area contributed by atoms with Gasteiger partial charge in [-0.3, -0.25) is 0 Å². The summed E-state index contributed by atoms with van der Waals surface area (Å²) >= 11 is 3.14. The maximum absolute atomic E-state index is 13.0. The van der Waals surface area contributed by atoms with Gasteiger partial charge in [0.25, 0.3) is 0 Å². The predicted octanol–water partition coefficient (Wildman–Crippen LogP) is 2.87. The van der Waals surface area contributed by atoms with E-state index in [0.717, 1.165) is 0 Å². The summed E-state index contributed by atoms with van der Waals surface area (Å²) in [5.41, 5.74) is 0.371. The predicted molar refractivity (Wildman–Crippen MR) is 72.0 cm³/mol. The fourth-order valence-corrected chi connectivity index (χ4v) is 1.82. The van der Waals surface area contributed by atoms with E-state index in [1.807, 2.05) is 6.92 Å². The van der Waals surface area contributed by atoms with Crippen molar-refractivity contribution in [1.82, 2.24) is 5.32 Å². The van der Waals surface area contributed by atoms with E-state index in [2.05, 4.69) is 26.6 Å². The normalized spacial score (nSPS) is 12.0. The van der Waals surface area contributed by atoms with Gasteiger partial charge in [0, 0.05) is 16.7 Å². The molecule has 1 aromatic carbocycles. The van der Waals surface area contributed by atoms with Crippen LogP contribution in [0.25, 0.3) is 0 Å². The number of anilines is 1. The van der Waals surface area contributed by atoms with Crippen molar-refractivity contribution in [3.63, 3.8) is 0 Å². The lowest BCUT2D eigenvalue weighted by molar-refractivity contribution is 0.160. The van der Waals surface area contributed by atoms with Crippen molar-refractivity contribution in [3.8, 4) is 0 Å². The van der Waals surface area contributed by atoms with Gasteiger partial charge in [-0.1, -0.05) is 22.9 Å². The van der Waals surface area contributed by atoms with Crippen LogP contribution in [0.4, 0.5) is 14.9 Å². The van der Waals surface area contributed by atoms with Crippen LogP contribution in [0.3, 0.4) is 0 Å². The number of carbonyl (C=O) groups is 1. The maximum Gasteiger partial charge on any atom is 0.319 e. The average Bonchev–Trinajstić information content (AvgIpc) is 2.27. The molecule has 1 aromatic rings. The summed E-state index contributed by atoms with van der Waals surface area (Å²) in [7, 11) is 0. The molecule has 4 nitrogen and oxygen atoms in total. The van der Waals surface area contributed by atoms with Gasteiger partial charge in [-0.15, -0.1) is 0 Å². The van der Waals surface area contributed by atoms with Crippen LogP contribution in [-0.4, -0.2) is 23.8 Å². The van der Waals surface area contributed by atoms with Crippen LogP contribution < -0.4 is 10.6 Å². The van der Waals surface area contributed by atoms with Crippen molar-refractivity contribution < 1.29 is 14.3 Å². The van der Waals surface area contributed by atoms with Crippen LogP contribution in [-0.2, 0) is 0 Å². The van der Waals surface area contributed by atoms with Crippen LogP contribution in [0, 0.1) is 5.82 Å². The molecule has 1 rings (SSSR count). The van der Waals surface area contributed by atoms with E-state index in [4.69, 9.17) is 0 Å². The van der Waals surface area contributed by atoms with E-state index >= 15 is 0 Å². The van der Waals surface area contributed by atoms with Gasteiger partial charge < -0.3 is 15.7 Å². The molecule has 0 aromatic heterocycles. The smallest absolute Gasteiger partial charge is 0.319 e. The molecule has 6 heteroatoms. The van der Waals surface area contributed by atoms with Gasteiger partial charge in [0.15, 0.2) is 0 Å². The van der Waals surface area contributed by atoms with Gasteiger partial charge >= 0.3 is 6.03 Å². The first-order chi connectivity index (χ1) is 8.51. The number of aliphatic hydroxyl groups is 1. The number of halogens is 2. The van der Waals surface area contributed by atoms with Gasteiger partial charge in [0.2, 0.25) is 0 Å². The summed E-state index contributed by atoms with van der Waals surface area (Å²) in [4.78, 5) is 11.5. The van der Waals surface area contributed by atoms with E-state index < -0.39 is 18.0 Å². The minimum atomic E-state index is -0.430. The van der Waals surface area contributed by atoms with Gasteiger partial charge in [0.05, 0.1) is 6.10 Å². The van der Waals surface area contributed by atoms with Gasteiger partial charge in [-0.25, -0.2) is 9.18 Å². The maximum atomic E-state index is 13.0. The van der Waals surface area contributed by atoms with Crippen molar-refractivity contribution in [2.45, 2.75) is 25.9 Å². The van der Waals surface area contributed by atoms with Crippen LogP contribution in [0.15, 0.2) is 22.7 Å². The molecule has 0 aliphatic heterocycles. The molecule has 1 atom stereocenters. The number of rotatable bonds is 5. The second-order valence-electron chi connectivity index (χ2n) is 3.89. The first-order valence-electron chi connectivity index (χ1n) is 5.70. The lowest BCUT2D eigenvalue weighted by atomic mass is 10.2. The van der Waals surface area contributed by atoms with Crippen LogP contribution in [0.2, 0.25) is 0 Å². The van der Waals surface area contributed by atoms with E-state index in [0.29, 0.717) is 29.5 Å². The zero-order valence-electron chi connectivity index (χ0n) is 10.0. The average molecular weight is 319 g/mol. The van der Waals surface area contributed by atoms with Crippen LogP contribution in [0.5, 0.6) is 0 Å². The van der Waals surface area contributed by atoms with Gasteiger partial charge in [-0.2, -0.15) is 0 Å². The minimum Gasteiger partial charge on any atom is -0.393 e. The highest BCUT2D eigenvalue weighted by molar-refractivity contribution is 9.10. The molecule has 100 valence electrons. The molecular weight excluding hydrogens is 303 g/mol. The van der Waals surface area contributed by atoms with Crippen molar-refractivity contribution >= 4 is 27.6 Å². The van der Waals surface area contributed by atoms with Crippen molar-refractivity contribution in [1.29, 1.82) is 0 Å². The Balaban J connectivity index is 2.40. The molecule has 0 radical (unpaired) electrons. The van der Waals surface area contributed by atoms with Crippen molar-refractivity contribution in [2.75, 3.05) is 11.9 Å². The topological polar surface area (TPSA) is 61.4 Å². The third-order valence-corrected chi connectivity index (χ3v) is 2.81. The Bertz CT molecular complexity index is 395. The third kappa shape index (κ3) is 5.46. The van der Waals surface area contributed by atoms with Crippen LogP contribution >= 0.6 is 15.9 Å². The fraction of sp³-hybridized carbons (Fsp3) is 0.417. The molecule has 0 spiro atoms. The second kappa shape index (κ2) is 7.33. The zero-order valence-corrected chi connectivity index (χ0v) is 11.6. The molecule has 0 bridgehead atoms. The molecule has 0 saturated heterocycles. The first-order valence-corrected chi connectivity index (χ1v) is 6.49. The lowest BCUT2D eigenvalue weighted by Gasteiger charge is -2.10. The standard InChI is InChI=1S/C12H16BrFN2O2/c1-2-11(17)3-4-15-12(18)16-10-6-8(13)5-9(14)7-10/h5-7,11,17H,2-4H2,1H3,(H2,15,16,18). The molecule has 0 fully saturated rings. The SMILES string of the molecule is CCC(O)CCNC(=O)Nc1cc(F)cc(Br)c1. The Hall–Kier alpha value is -1.14. The number of benzene rings is 1. The molecule has 0 heterocycles. The number of nitrogens with one attached hydrogen (secondary N) is 2. The first kappa shape index (κ1) is 14.9. The largest absolute Gasteiger partial charge is 0.393 e. The summed E-state index contributed by atoms with van der Waals surface area (Å²) in [5.74, 6) is -0.430. The zero-order chi connectivity index (χ0) is 13.5. The summed E-state index contributed by atoms with van der Waals surface area (Å²) in [6, 6.07) is 3.71. The third-order valence-electron chi connectivity index (χ3n) is 2.35. The molecular formula is C12H16BrFN2O2. The quantitative estimate of drug-likeness (QED) is 0.781. The van der Waals surface area contributed by atoms with Crippen LogP contribution in [0.1, 0.15) is 19.8 Å². The Morgan fingerprint density at radius 3 is 2.83 bits per heavy atom. The molecule has 3 N–H and O–H groups in total. The molecule has 2 amide bonds. The second-order valence-corrected chi connectivity index (χ2v) is 4.81. The number of urea groups is 1. The van der Waals surface area contributed by atoms with Gasteiger partial charge in [-0.05, 0) is 31.0 Å². The molecule has 0 aliphatic carbocycles. The van der Waals surface area contributed by atoms with Crippen molar-refractivity contribution in [2.24, 2.45) is 0 Å². The monoisotopic (exact) mass is 318 g/mol. The Morgan fingerprint density at radius 2 is 2.22 bits per heavy atom. The summed E-state index contributed by atoms with van der Waals surface area (Å²) in [6.45, 7) is 2.24. The molecule has 18 heavy (non-hydrogen) atoms. The van der Waals surface area contributed by atoms with E-state index in [1.165, 1.54) is 12.1 Å². The number of hydrogen-bond donors (Lipinski definition) is 3. The summed E-state index contributed by atoms with van der Waals surface area (Å²) < 4.78 is 13.6. The number of aliphatic hydroxyl groups excluding tert-OH is 1. The highest BCUT2D eigenvalue weighted by atomic mass is 79.9. The Kier molecular flexibility index (Phi) is 6.07. The highest BCUT2D eigenvalue weighted by Crippen LogP contribution is 2.18. The van der Waals surface area contributed by atoms with E-state index in [9.17, 15) is 14.3 Å². The minimum absolute atomic E-state index is 0.371. The molecule has 0 saturated carbocycles. The summed E-state index contributed by atoms with van der Waals surface area (Å²) in [5, 5.41) is 14.4. The van der Waals surface area contributed by atoms with E-state index in [1.54, 1.807) is 6.07 Å². The number of hydrogen-bond acceptors (Lipinski definition) is 2. The Morgan fingerprint density at radius 1 is 1.50 bits per heavy atom.